The smallest absolute Gasteiger partial charge is 0.404 e. The molecule has 0 unspecified atom stereocenters. The van der Waals surface area contributed by atoms with Gasteiger partial charge >= 0.3 is 6.09 Å². The summed E-state index contributed by atoms with van der Waals surface area (Å²) in [6.07, 6.45) is 1.35. The Balaban J connectivity index is 1.72. The van der Waals surface area contributed by atoms with Gasteiger partial charge < -0.3 is 19.9 Å². The number of amides is 1. The van der Waals surface area contributed by atoms with Gasteiger partial charge in [0.1, 0.15) is 10.6 Å². The number of nitrogens with one attached hydrogen (secondary N) is 1. The van der Waals surface area contributed by atoms with Gasteiger partial charge in [0.25, 0.3) is 0 Å². The van der Waals surface area contributed by atoms with Gasteiger partial charge in [-0.15, -0.1) is 21.5 Å². The quantitative estimate of drug-likeness (QED) is 0.653. The summed E-state index contributed by atoms with van der Waals surface area (Å²) < 4.78 is 10.6. The second kappa shape index (κ2) is 7.50. The number of carboxylic acid groups (broad SMARTS) is 1. The Bertz CT molecular complexity index is 988. The van der Waals surface area contributed by atoms with Gasteiger partial charge in [0, 0.05) is 29.0 Å². The molecular formula is C19H19N3O4S. The molecule has 140 valence electrons. The highest BCUT2D eigenvalue weighted by Gasteiger charge is 2.25. The summed E-state index contributed by atoms with van der Waals surface area (Å²) in [6, 6.07) is 9.59. The first-order valence-electron chi connectivity index (χ1n) is 8.64. The summed E-state index contributed by atoms with van der Waals surface area (Å²) >= 11 is 1.64. The molecule has 1 aromatic carbocycles. The molecule has 1 aliphatic rings. The van der Waals surface area contributed by atoms with Crippen LogP contribution in [0.4, 0.5) is 4.79 Å². The molecule has 1 atom stereocenters. The Labute approximate surface area is 159 Å². The van der Waals surface area contributed by atoms with Crippen LogP contribution in [0.15, 0.2) is 30.3 Å². The zero-order valence-electron chi connectivity index (χ0n) is 14.8. The van der Waals surface area contributed by atoms with Crippen molar-refractivity contribution in [3.63, 3.8) is 0 Å². The summed E-state index contributed by atoms with van der Waals surface area (Å²) in [5.74, 6) is 0.683. The number of aromatic nitrogens is 2. The van der Waals surface area contributed by atoms with Crippen molar-refractivity contribution < 1.29 is 19.4 Å². The number of methoxy groups -OCH3 is 1. The predicted molar refractivity (Wildman–Crippen MR) is 102 cm³/mol. The normalized spacial score (nSPS) is 16.1. The molecule has 0 saturated carbocycles. The minimum absolute atomic E-state index is 0.0678. The summed E-state index contributed by atoms with van der Waals surface area (Å²) in [5, 5.41) is 21.5. The molecule has 0 radical (unpaired) electrons. The van der Waals surface area contributed by atoms with Gasteiger partial charge in [0.05, 0.1) is 5.69 Å². The molecule has 1 amide bonds. The van der Waals surface area contributed by atoms with E-state index in [1.165, 1.54) is 10.4 Å². The minimum Gasteiger partial charge on any atom is -0.467 e. The third-order valence-electron chi connectivity index (χ3n) is 4.63. The first-order chi connectivity index (χ1) is 13.2. The number of carbonyl (C=O) groups is 1. The van der Waals surface area contributed by atoms with Crippen molar-refractivity contribution in [3.8, 4) is 17.0 Å². The molecule has 3 aromatic rings. The number of fused-ring (bicyclic) bond motifs is 3. The van der Waals surface area contributed by atoms with Gasteiger partial charge in [-0.05, 0) is 43.0 Å². The van der Waals surface area contributed by atoms with Crippen molar-refractivity contribution in [1.82, 2.24) is 15.5 Å². The van der Waals surface area contributed by atoms with E-state index in [1.807, 2.05) is 30.3 Å². The van der Waals surface area contributed by atoms with Crippen LogP contribution < -0.4 is 10.1 Å². The first-order valence-corrected chi connectivity index (χ1v) is 9.46. The molecule has 0 fully saturated rings. The predicted octanol–water partition coefficient (Wildman–Crippen LogP) is 3.47. The van der Waals surface area contributed by atoms with Gasteiger partial charge in [0.2, 0.25) is 0 Å². The number of benzene rings is 1. The molecule has 1 aliphatic carbocycles. The SMILES string of the molecule is COCOc1ccccc1-c1cc2c3c(sc2nn1)CC[C@@H](NC(=O)O)C3. The standard InChI is InChI=1S/C19H19N3O4S/c1-25-10-26-16-5-3-2-4-12(16)15-9-14-13-8-11(20-19(23)24)6-7-17(13)27-18(14)22-21-15/h2-5,9,11,20H,6-8,10H2,1H3,(H,23,24)/t11-/m1/s1. The molecule has 0 aliphatic heterocycles. The lowest BCUT2D eigenvalue weighted by molar-refractivity contribution is 0.0515. The number of rotatable bonds is 5. The Morgan fingerprint density at radius 1 is 1.37 bits per heavy atom. The number of nitrogens with zero attached hydrogens (tertiary/aromatic N) is 2. The monoisotopic (exact) mass is 385 g/mol. The highest BCUT2D eigenvalue weighted by atomic mass is 32.1. The van der Waals surface area contributed by atoms with E-state index in [4.69, 9.17) is 14.6 Å². The van der Waals surface area contributed by atoms with E-state index >= 15 is 0 Å². The van der Waals surface area contributed by atoms with Gasteiger partial charge in [-0.1, -0.05) is 12.1 Å². The molecule has 0 spiro atoms. The minimum atomic E-state index is -0.979. The van der Waals surface area contributed by atoms with E-state index in [1.54, 1.807) is 18.4 Å². The van der Waals surface area contributed by atoms with E-state index < -0.39 is 6.09 Å². The number of hydrogen-bond donors (Lipinski definition) is 2. The number of thiophene rings is 1. The lowest BCUT2D eigenvalue weighted by atomic mass is 9.92. The van der Waals surface area contributed by atoms with Crippen molar-refractivity contribution in [2.45, 2.75) is 25.3 Å². The van der Waals surface area contributed by atoms with E-state index in [0.29, 0.717) is 12.2 Å². The fraction of sp³-hybridized carbons (Fsp3) is 0.316. The second-order valence-electron chi connectivity index (χ2n) is 6.39. The lowest BCUT2D eigenvalue weighted by Crippen LogP contribution is -2.37. The summed E-state index contributed by atoms with van der Waals surface area (Å²) in [7, 11) is 1.58. The second-order valence-corrected chi connectivity index (χ2v) is 7.47. The molecule has 4 rings (SSSR count). The molecule has 27 heavy (non-hydrogen) atoms. The average Bonchev–Trinajstić information content (AvgIpc) is 3.03. The van der Waals surface area contributed by atoms with Crippen LogP contribution in [0.5, 0.6) is 5.75 Å². The molecule has 2 aromatic heterocycles. The van der Waals surface area contributed by atoms with Gasteiger partial charge in [-0.25, -0.2) is 4.79 Å². The third kappa shape index (κ3) is 3.58. The zero-order chi connectivity index (χ0) is 18.8. The Kier molecular flexibility index (Phi) is 4.91. The van der Waals surface area contributed by atoms with Gasteiger partial charge in [-0.2, -0.15) is 0 Å². The van der Waals surface area contributed by atoms with Gasteiger partial charge in [0.15, 0.2) is 6.79 Å². The molecule has 0 saturated heterocycles. The Morgan fingerprint density at radius 2 is 2.22 bits per heavy atom. The van der Waals surface area contributed by atoms with Crippen LogP contribution in [0, 0.1) is 0 Å². The number of para-hydroxylation sites is 1. The molecular weight excluding hydrogens is 366 g/mol. The largest absolute Gasteiger partial charge is 0.467 e. The van der Waals surface area contributed by atoms with Crippen LogP contribution in [0.25, 0.3) is 21.5 Å². The van der Waals surface area contributed by atoms with Crippen LogP contribution in [-0.4, -0.2) is 41.3 Å². The zero-order valence-corrected chi connectivity index (χ0v) is 15.6. The number of hydrogen-bond acceptors (Lipinski definition) is 6. The van der Waals surface area contributed by atoms with Crippen LogP contribution in [0.2, 0.25) is 0 Å². The lowest BCUT2D eigenvalue weighted by Gasteiger charge is -2.22. The molecule has 2 N–H and O–H groups in total. The first kappa shape index (κ1) is 17.7. The summed E-state index contributed by atoms with van der Waals surface area (Å²) in [6.45, 7) is 0.156. The van der Waals surface area contributed by atoms with E-state index in [0.717, 1.165) is 34.3 Å². The number of aryl methyl sites for hydroxylation is 1. The highest BCUT2D eigenvalue weighted by molar-refractivity contribution is 7.18. The molecule has 8 heteroatoms. The maximum absolute atomic E-state index is 11.0. The van der Waals surface area contributed by atoms with Crippen LogP contribution in [0.3, 0.4) is 0 Å². The van der Waals surface area contributed by atoms with E-state index in [9.17, 15) is 4.79 Å². The Hall–Kier alpha value is -2.71. The Morgan fingerprint density at radius 3 is 3.04 bits per heavy atom. The summed E-state index contributed by atoms with van der Waals surface area (Å²) in [4.78, 5) is 13.1. The van der Waals surface area contributed by atoms with Crippen molar-refractivity contribution in [2.24, 2.45) is 0 Å². The maximum Gasteiger partial charge on any atom is 0.404 e. The fourth-order valence-corrected chi connectivity index (χ4v) is 4.58. The topological polar surface area (TPSA) is 93.6 Å². The van der Waals surface area contributed by atoms with Crippen LogP contribution in [-0.2, 0) is 17.6 Å². The molecule has 7 nitrogen and oxygen atoms in total. The molecule has 0 bridgehead atoms. The van der Waals surface area contributed by atoms with Crippen molar-refractivity contribution in [3.05, 3.63) is 40.8 Å². The maximum atomic E-state index is 11.0. The third-order valence-corrected chi connectivity index (χ3v) is 5.83. The summed E-state index contributed by atoms with van der Waals surface area (Å²) in [5.41, 5.74) is 2.74. The van der Waals surface area contributed by atoms with Crippen LogP contribution in [0.1, 0.15) is 16.9 Å². The average molecular weight is 385 g/mol. The van der Waals surface area contributed by atoms with Crippen molar-refractivity contribution in [2.75, 3.05) is 13.9 Å². The van der Waals surface area contributed by atoms with Crippen molar-refractivity contribution in [1.29, 1.82) is 0 Å². The fourth-order valence-electron chi connectivity index (χ4n) is 3.44. The van der Waals surface area contributed by atoms with Crippen LogP contribution >= 0.6 is 11.3 Å². The van der Waals surface area contributed by atoms with Crippen molar-refractivity contribution >= 4 is 27.6 Å². The van der Waals surface area contributed by atoms with Gasteiger partial charge in [-0.3, -0.25) is 0 Å². The number of ether oxygens (including phenoxy) is 2. The highest BCUT2D eigenvalue weighted by Crippen LogP contribution is 2.37. The molecule has 2 heterocycles. The van der Waals surface area contributed by atoms with E-state index in [2.05, 4.69) is 15.5 Å². The van der Waals surface area contributed by atoms with E-state index in [-0.39, 0.29) is 12.8 Å².